The summed E-state index contributed by atoms with van der Waals surface area (Å²) in [6.45, 7) is 6.51. The van der Waals surface area contributed by atoms with Crippen LogP contribution in [0.4, 0.5) is 0 Å². The third-order valence-corrected chi connectivity index (χ3v) is 5.42. The summed E-state index contributed by atoms with van der Waals surface area (Å²) in [6.07, 6.45) is 3.85. The molecule has 3 aromatic rings. The van der Waals surface area contributed by atoms with Gasteiger partial charge < -0.3 is 9.88 Å². The highest BCUT2D eigenvalue weighted by Gasteiger charge is 2.30. The first kappa shape index (κ1) is 17.5. The Morgan fingerprint density at radius 3 is 2.78 bits per heavy atom. The minimum Gasteiger partial charge on any atom is -0.354 e. The summed E-state index contributed by atoms with van der Waals surface area (Å²) in [6, 6.07) is 5.82. The van der Waals surface area contributed by atoms with Crippen LogP contribution in [-0.4, -0.2) is 49.3 Å². The number of Topliss-reactive ketones (excluding diaryl/α,β-unsaturated/α-hetero) is 1. The molecule has 4 rings (SSSR count). The van der Waals surface area contributed by atoms with Gasteiger partial charge in [-0.1, -0.05) is 6.07 Å². The molecule has 140 valence electrons. The number of H-pyrrole nitrogens is 1. The Hall–Kier alpha value is -2.96. The summed E-state index contributed by atoms with van der Waals surface area (Å²) in [7, 11) is 0. The maximum Gasteiger partial charge on any atom is 0.270 e. The van der Waals surface area contributed by atoms with E-state index in [2.05, 4.69) is 15.2 Å². The van der Waals surface area contributed by atoms with E-state index in [4.69, 9.17) is 0 Å². The predicted molar refractivity (Wildman–Crippen MR) is 101 cm³/mol. The number of rotatable bonds is 3. The van der Waals surface area contributed by atoms with E-state index >= 15 is 0 Å². The number of aryl methyl sites for hydroxylation is 1. The largest absolute Gasteiger partial charge is 0.354 e. The average molecular weight is 365 g/mol. The van der Waals surface area contributed by atoms with E-state index < -0.39 is 0 Å². The predicted octanol–water partition coefficient (Wildman–Crippen LogP) is 2.90. The highest BCUT2D eigenvalue weighted by molar-refractivity contribution is 6.02. The first-order valence-electron chi connectivity index (χ1n) is 9.26. The van der Waals surface area contributed by atoms with Crippen molar-refractivity contribution >= 4 is 17.3 Å². The molecule has 1 saturated heterocycles. The van der Waals surface area contributed by atoms with Gasteiger partial charge in [0.25, 0.3) is 5.91 Å². The zero-order valence-corrected chi connectivity index (χ0v) is 15.8. The number of likely N-dealkylation sites (tertiary alicyclic amines) is 1. The smallest absolute Gasteiger partial charge is 0.270 e. The standard InChI is InChI=1S/C20H23N5O2/c1-12-17(14(3)26)13(2)21-18(12)20(27)24-9-6-7-15(11-24)19-23-22-16-8-4-5-10-25(16)19/h4-5,8,10,15,21H,6-7,9,11H2,1-3H3. The summed E-state index contributed by atoms with van der Waals surface area (Å²) in [5, 5.41) is 8.60. The SMILES string of the molecule is CC(=O)c1c(C)[nH]c(C(=O)N2CCCC(c3nnc4ccccn34)C2)c1C. The van der Waals surface area contributed by atoms with Crippen LogP contribution in [0.15, 0.2) is 24.4 Å². The lowest BCUT2D eigenvalue weighted by atomic mass is 9.96. The summed E-state index contributed by atoms with van der Waals surface area (Å²) >= 11 is 0. The Balaban J connectivity index is 1.61. The number of ketones is 1. The van der Waals surface area contributed by atoms with Crippen LogP contribution < -0.4 is 0 Å². The lowest BCUT2D eigenvalue weighted by Gasteiger charge is -2.32. The topological polar surface area (TPSA) is 83.4 Å². The van der Waals surface area contributed by atoms with Gasteiger partial charge in [0.1, 0.15) is 11.5 Å². The normalized spacial score (nSPS) is 17.4. The number of aromatic nitrogens is 4. The van der Waals surface area contributed by atoms with Crippen LogP contribution in [0.3, 0.4) is 0 Å². The van der Waals surface area contributed by atoms with Crippen molar-refractivity contribution in [1.29, 1.82) is 0 Å². The lowest BCUT2D eigenvalue weighted by molar-refractivity contribution is 0.0698. The van der Waals surface area contributed by atoms with Crippen molar-refractivity contribution in [2.45, 2.75) is 39.5 Å². The second-order valence-corrected chi connectivity index (χ2v) is 7.26. The number of nitrogens with zero attached hydrogens (tertiary/aromatic N) is 4. The van der Waals surface area contributed by atoms with Gasteiger partial charge in [-0.25, -0.2) is 0 Å². The van der Waals surface area contributed by atoms with Gasteiger partial charge in [-0.3, -0.25) is 14.0 Å². The third-order valence-electron chi connectivity index (χ3n) is 5.42. The van der Waals surface area contributed by atoms with E-state index in [9.17, 15) is 9.59 Å². The summed E-state index contributed by atoms with van der Waals surface area (Å²) < 4.78 is 2.00. The molecule has 0 saturated carbocycles. The fraction of sp³-hybridized carbons (Fsp3) is 0.400. The molecule has 1 fully saturated rings. The van der Waals surface area contributed by atoms with Crippen molar-refractivity contribution in [3.8, 4) is 0 Å². The first-order valence-corrected chi connectivity index (χ1v) is 9.26. The molecule has 0 spiro atoms. The first-order chi connectivity index (χ1) is 13.0. The molecule has 7 heteroatoms. The van der Waals surface area contributed by atoms with Crippen LogP contribution in [0.2, 0.25) is 0 Å². The molecule has 1 aliphatic heterocycles. The van der Waals surface area contributed by atoms with Gasteiger partial charge in [-0.05, 0) is 51.3 Å². The molecule has 0 aliphatic carbocycles. The number of nitrogens with one attached hydrogen (secondary N) is 1. The minimum atomic E-state index is -0.0541. The van der Waals surface area contributed by atoms with E-state index in [1.807, 2.05) is 47.5 Å². The quantitative estimate of drug-likeness (QED) is 0.724. The van der Waals surface area contributed by atoms with Crippen LogP contribution in [0, 0.1) is 13.8 Å². The summed E-state index contributed by atoms with van der Waals surface area (Å²) in [5.41, 5.74) is 3.44. The number of piperidine rings is 1. The van der Waals surface area contributed by atoms with Crippen molar-refractivity contribution in [2.24, 2.45) is 0 Å². The second kappa shape index (κ2) is 6.64. The monoisotopic (exact) mass is 365 g/mol. The second-order valence-electron chi connectivity index (χ2n) is 7.26. The van der Waals surface area contributed by atoms with Gasteiger partial charge in [-0.2, -0.15) is 0 Å². The fourth-order valence-corrected chi connectivity index (χ4v) is 4.16. The Labute approximate surface area is 157 Å². The van der Waals surface area contributed by atoms with E-state index in [0.717, 1.165) is 35.6 Å². The van der Waals surface area contributed by atoms with Crippen molar-refractivity contribution in [3.63, 3.8) is 0 Å². The molecular weight excluding hydrogens is 342 g/mol. The number of pyridine rings is 1. The van der Waals surface area contributed by atoms with E-state index in [-0.39, 0.29) is 17.6 Å². The molecule has 0 radical (unpaired) electrons. The maximum absolute atomic E-state index is 13.1. The molecule has 0 aromatic carbocycles. The summed E-state index contributed by atoms with van der Waals surface area (Å²) in [4.78, 5) is 30.0. The van der Waals surface area contributed by atoms with E-state index in [0.29, 0.717) is 24.3 Å². The Kier molecular flexibility index (Phi) is 4.30. The molecule has 7 nitrogen and oxygen atoms in total. The molecule has 1 N–H and O–H groups in total. The highest BCUT2D eigenvalue weighted by atomic mass is 16.2. The number of hydrogen-bond acceptors (Lipinski definition) is 4. The van der Waals surface area contributed by atoms with Crippen molar-refractivity contribution < 1.29 is 9.59 Å². The lowest BCUT2D eigenvalue weighted by Crippen LogP contribution is -2.40. The van der Waals surface area contributed by atoms with Crippen molar-refractivity contribution in [3.05, 3.63) is 52.7 Å². The highest BCUT2D eigenvalue weighted by Crippen LogP contribution is 2.28. The molecule has 4 heterocycles. The zero-order valence-electron chi connectivity index (χ0n) is 15.8. The Bertz CT molecular complexity index is 1030. The number of carbonyl (C=O) groups is 2. The number of hydrogen-bond donors (Lipinski definition) is 1. The maximum atomic E-state index is 13.1. The molecule has 1 unspecified atom stereocenters. The molecule has 1 aliphatic rings. The van der Waals surface area contributed by atoms with Crippen LogP contribution in [0.25, 0.3) is 5.65 Å². The van der Waals surface area contributed by atoms with Crippen LogP contribution in [-0.2, 0) is 0 Å². The number of amides is 1. The van der Waals surface area contributed by atoms with E-state index in [1.165, 1.54) is 6.92 Å². The number of aromatic amines is 1. The van der Waals surface area contributed by atoms with Gasteiger partial charge in [0.05, 0.1) is 0 Å². The van der Waals surface area contributed by atoms with Gasteiger partial charge in [0.2, 0.25) is 0 Å². The van der Waals surface area contributed by atoms with Gasteiger partial charge in [0.15, 0.2) is 11.4 Å². The molecule has 3 aromatic heterocycles. The molecule has 27 heavy (non-hydrogen) atoms. The van der Waals surface area contributed by atoms with Gasteiger partial charge in [-0.15, -0.1) is 10.2 Å². The number of fused-ring (bicyclic) bond motifs is 1. The molecular formula is C20H23N5O2. The molecule has 1 atom stereocenters. The average Bonchev–Trinajstić information content (AvgIpc) is 3.22. The van der Waals surface area contributed by atoms with Crippen LogP contribution in [0.5, 0.6) is 0 Å². The van der Waals surface area contributed by atoms with Gasteiger partial charge >= 0.3 is 0 Å². The third kappa shape index (κ3) is 2.93. The fourth-order valence-electron chi connectivity index (χ4n) is 4.16. The van der Waals surface area contributed by atoms with E-state index in [1.54, 1.807) is 0 Å². The Morgan fingerprint density at radius 2 is 2.04 bits per heavy atom. The van der Waals surface area contributed by atoms with Gasteiger partial charge in [0, 0.05) is 36.5 Å². The van der Waals surface area contributed by atoms with Crippen molar-refractivity contribution in [2.75, 3.05) is 13.1 Å². The Morgan fingerprint density at radius 1 is 1.22 bits per heavy atom. The summed E-state index contributed by atoms with van der Waals surface area (Å²) in [5.74, 6) is 0.962. The minimum absolute atomic E-state index is 0.0215. The molecule has 1 amide bonds. The van der Waals surface area contributed by atoms with Crippen molar-refractivity contribution in [1.82, 2.24) is 24.5 Å². The van der Waals surface area contributed by atoms with Crippen LogP contribution >= 0.6 is 0 Å². The number of carbonyl (C=O) groups excluding carboxylic acids is 2. The van der Waals surface area contributed by atoms with Crippen LogP contribution in [0.1, 0.15) is 63.6 Å². The molecule has 0 bridgehead atoms. The zero-order chi connectivity index (χ0) is 19.1.